The first-order valence-electron chi connectivity index (χ1n) is 14.9. The summed E-state index contributed by atoms with van der Waals surface area (Å²) in [6.45, 7) is 10.1. The van der Waals surface area contributed by atoms with Gasteiger partial charge >= 0.3 is 18.3 Å². The Kier molecular flexibility index (Phi) is 10.3. The van der Waals surface area contributed by atoms with Gasteiger partial charge in [-0.25, -0.2) is 32.1 Å². The Hall–Kier alpha value is -4.50. The number of halogens is 4. The van der Waals surface area contributed by atoms with Gasteiger partial charge in [0.05, 0.1) is 17.1 Å². The molecule has 0 atom stereocenters. The second-order valence-electron chi connectivity index (χ2n) is 13.2. The molecular weight excluding hydrogens is 654 g/mol. The van der Waals surface area contributed by atoms with E-state index in [9.17, 15) is 31.2 Å². The Morgan fingerprint density at radius 1 is 0.896 bits per heavy atom. The zero-order chi connectivity index (χ0) is 35.7. The predicted octanol–water partition coefficient (Wildman–Crippen LogP) is 7.42. The Morgan fingerprint density at radius 3 is 2.08 bits per heavy atom. The molecule has 0 fully saturated rings. The van der Waals surface area contributed by atoms with E-state index in [0.29, 0.717) is 16.1 Å². The topological polar surface area (TPSA) is 129 Å². The van der Waals surface area contributed by atoms with Gasteiger partial charge in [-0.05, 0) is 76.4 Å². The number of sulfonamides is 1. The quantitative estimate of drug-likeness (QED) is 0.222. The fourth-order valence-electron chi connectivity index (χ4n) is 4.70. The molecule has 1 heterocycles. The third kappa shape index (κ3) is 9.53. The van der Waals surface area contributed by atoms with Crippen LogP contribution in [0.3, 0.4) is 0 Å². The number of benzene rings is 3. The minimum Gasteiger partial charge on any atom is -0.444 e. The number of hydrogen-bond acceptors (Lipinski definition) is 6. The molecule has 0 aliphatic carbocycles. The maximum Gasteiger partial charge on any atom is 0.431 e. The summed E-state index contributed by atoms with van der Waals surface area (Å²) in [6, 6.07) is 14.0. The van der Waals surface area contributed by atoms with Crippen LogP contribution in [0.2, 0.25) is 0 Å². The van der Waals surface area contributed by atoms with Crippen molar-refractivity contribution in [2.45, 2.75) is 76.7 Å². The lowest BCUT2D eigenvalue weighted by atomic mass is 9.97. The van der Waals surface area contributed by atoms with E-state index in [-0.39, 0.29) is 34.8 Å². The molecule has 3 N–H and O–H groups in total. The van der Waals surface area contributed by atoms with Gasteiger partial charge in [-0.3, -0.25) is 0 Å². The summed E-state index contributed by atoms with van der Waals surface area (Å²) in [4.78, 5) is 24.9. The Balaban J connectivity index is 1.67. The summed E-state index contributed by atoms with van der Waals surface area (Å²) in [6.07, 6.45) is -5.74. The number of carbonyl (C=O) groups excluding carboxylic acids is 2. The number of hydrogen-bond donors (Lipinski definition) is 3. The second-order valence-corrected chi connectivity index (χ2v) is 14.8. The number of nitrogens with zero attached hydrogens (tertiary/aromatic N) is 2. The fraction of sp³-hybridized carbons (Fsp3) is 0.364. The number of anilines is 1. The summed E-state index contributed by atoms with van der Waals surface area (Å²) >= 11 is 0. The van der Waals surface area contributed by atoms with Crippen molar-refractivity contribution in [3.63, 3.8) is 0 Å². The van der Waals surface area contributed by atoms with Crippen molar-refractivity contribution >= 4 is 33.5 Å². The van der Waals surface area contributed by atoms with Gasteiger partial charge in [-0.15, -0.1) is 0 Å². The maximum absolute atomic E-state index is 15.4. The molecule has 15 heteroatoms. The van der Waals surface area contributed by atoms with Gasteiger partial charge < -0.3 is 15.4 Å². The molecule has 1 aliphatic rings. The number of alkyl halides is 3. The first-order valence-corrected chi connectivity index (χ1v) is 16.4. The lowest BCUT2D eigenvalue weighted by molar-refractivity contribution is -0.0600. The van der Waals surface area contributed by atoms with Crippen LogP contribution in [0.15, 0.2) is 70.7 Å². The third-order valence-electron chi connectivity index (χ3n) is 6.73. The van der Waals surface area contributed by atoms with E-state index < -0.39 is 57.4 Å². The molecule has 4 rings (SSSR count). The van der Waals surface area contributed by atoms with Crippen LogP contribution in [-0.2, 0) is 21.3 Å². The van der Waals surface area contributed by atoms with Gasteiger partial charge in [0.25, 0.3) is 0 Å². The highest BCUT2D eigenvalue weighted by atomic mass is 32.2. The van der Waals surface area contributed by atoms with Crippen LogP contribution in [0.5, 0.6) is 0 Å². The second kappa shape index (κ2) is 13.5. The fourth-order valence-corrected chi connectivity index (χ4v) is 6.13. The van der Waals surface area contributed by atoms with Crippen molar-refractivity contribution < 1.29 is 40.3 Å². The number of hydrazone groups is 1. The van der Waals surface area contributed by atoms with Crippen molar-refractivity contribution in [1.82, 2.24) is 15.0 Å². The molecule has 10 nitrogen and oxygen atoms in total. The van der Waals surface area contributed by atoms with E-state index in [1.165, 1.54) is 18.2 Å². The van der Waals surface area contributed by atoms with Crippen LogP contribution >= 0.6 is 0 Å². The summed E-state index contributed by atoms with van der Waals surface area (Å²) < 4.78 is 88.2. The van der Waals surface area contributed by atoms with Crippen molar-refractivity contribution in [1.29, 1.82) is 0 Å². The average Bonchev–Trinajstić information content (AvgIpc) is 3.46. The highest BCUT2D eigenvalue weighted by Crippen LogP contribution is 2.35. The Bertz CT molecular complexity index is 1830. The highest BCUT2D eigenvalue weighted by molar-refractivity contribution is 7.89. The Morgan fingerprint density at radius 2 is 1.52 bits per heavy atom. The summed E-state index contributed by atoms with van der Waals surface area (Å²) in [7, 11) is -4.03. The minimum absolute atomic E-state index is 0.0221. The van der Waals surface area contributed by atoms with Gasteiger partial charge in [0.2, 0.25) is 10.0 Å². The normalized spacial score (nSPS) is 14.0. The summed E-state index contributed by atoms with van der Waals surface area (Å²) in [5.41, 5.74) is -0.353. The van der Waals surface area contributed by atoms with Crippen LogP contribution in [-0.4, -0.2) is 55.1 Å². The molecule has 1 aliphatic heterocycles. The first-order chi connectivity index (χ1) is 22.1. The van der Waals surface area contributed by atoms with E-state index in [0.717, 1.165) is 11.6 Å². The molecule has 3 amide bonds. The molecule has 48 heavy (non-hydrogen) atoms. The van der Waals surface area contributed by atoms with Crippen LogP contribution in [0.4, 0.5) is 32.8 Å². The molecule has 0 bridgehead atoms. The zero-order valence-electron chi connectivity index (χ0n) is 27.3. The average molecular weight is 692 g/mol. The van der Waals surface area contributed by atoms with E-state index >= 15 is 4.39 Å². The number of carbonyl (C=O) groups is 2. The smallest absolute Gasteiger partial charge is 0.431 e. The minimum atomic E-state index is -4.68. The molecule has 0 saturated heterocycles. The van der Waals surface area contributed by atoms with Gasteiger partial charge in [0, 0.05) is 29.6 Å². The van der Waals surface area contributed by atoms with E-state index in [1.54, 1.807) is 77.9 Å². The molecule has 0 saturated carbocycles. The predicted molar refractivity (Wildman–Crippen MR) is 174 cm³/mol. The number of alkyl carbamates (subject to hydrolysis) is 1. The lowest BCUT2D eigenvalue weighted by Crippen LogP contribution is -2.40. The lowest BCUT2D eigenvalue weighted by Gasteiger charge is -2.20. The molecule has 0 aromatic heterocycles. The SMILES string of the molecule is CC(C)(C)NS(=O)(=O)c1ccc(-c2ccc(-c3ccc(CNC(=O)OC(C)(C)C)cc3)c(NC(=O)N3CCC(C(F)(F)F)=N3)c2)c(F)c1. The summed E-state index contributed by atoms with van der Waals surface area (Å²) in [5, 5.41) is 9.36. The standard InChI is InChI=1S/C33H37F4N5O5S/c1-31(2,3)41-48(45,46)23-12-14-24(26(34)18-23)22-11-13-25(21-9-7-20(8-10-21)19-38-30(44)47-32(4,5)6)27(17-22)39-29(43)42-16-15-28(40-42)33(35,36)37/h7-14,17-18,41H,15-16,19H2,1-6H3,(H,38,44)(H,39,43). The zero-order valence-corrected chi connectivity index (χ0v) is 28.1. The van der Waals surface area contributed by atoms with Gasteiger partial charge in [0.15, 0.2) is 0 Å². The molecule has 0 spiro atoms. The largest absolute Gasteiger partial charge is 0.444 e. The number of amides is 3. The van der Waals surface area contributed by atoms with Crippen LogP contribution < -0.4 is 15.4 Å². The molecular formula is C33H37F4N5O5S. The molecule has 258 valence electrons. The molecule has 0 radical (unpaired) electrons. The Labute approximate surface area is 276 Å². The van der Waals surface area contributed by atoms with Gasteiger partial charge in [-0.2, -0.15) is 18.3 Å². The van der Waals surface area contributed by atoms with Crippen molar-refractivity contribution in [2.24, 2.45) is 5.10 Å². The van der Waals surface area contributed by atoms with Crippen molar-refractivity contribution in [3.05, 3.63) is 72.0 Å². The number of ether oxygens (including phenoxy) is 1. The number of rotatable bonds is 7. The van der Waals surface area contributed by atoms with E-state index in [2.05, 4.69) is 20.5 Å². The van der Waals surface area contributed by atoms with Crippen molar-refractivity contribution in [2.75, 3.05) is 11.9 Å². The van der Waals surface area contributed by atoms with Crippen LogP contribution in [0, 0.1) is 5.82 Å². The monoisotopic (exact) mass is 691 g/mol. The summed E-state index contributed by atoms with van der Waals surface area (Å²) in [5.74, 6) is -0.849. The van der Waals surface area contributed by atoms with Crippen molar-refractivity contribution in [3.8, 4) is 22.3 Å². The van der Waals surface area contributed by atoms with E-state index in [4.69, 9.17) is 4.74 Å². The molecule has 3 aromatic carbocycles. The highest BCUT2D eigenvalue weighted by Gasteiger charge is 2.40. The van der Waals surface area contributed by atoms with Crippen LogP contribution in [0.1, 0.15) is 53.5 Å². The third-order valence-corrected chi connectivity index (χ3v) is 8.48. The molecule has 0 unspecified atom stereocenters. The van der Waals surface area contributed by atoms with Gasteiger partial charge in [0.1, 0.15) is 17.1 Å². The maximum atomic E-state index is 15.4. The van der Waals surface area contributed by atoms with Gasteiger partial charge in [-0.1, -0.05) is 42.5 Å². The van der Waals surface area contributed by atoms with E-state index in [1.807, 2.05) is 0 Å². The number of urea groups is 1. The number of nitrogens with one attached hydrogen (secondary N) is 3. The molecule has 3 aromatic rings. The van der Waals surface area contributed by atoms with Crippen LogP contribution in [0.25, 0.3) is 22.3 Å². The first kappa shape index (κ1) is 36.3.